The third kappa shape index (κ3) is 5.60. The summed E-state index contributed by atoms with van der Waals surface area (Å²) in [6.45, 7) is -0.0819. The lowest BCUT2D eigenvalue weighted by atomic mass is 10.0. The summed E-state index contributed by atoms with van der Waals surface area (Å²) >= 11 is 0.756. The average Bonchev–Trinajstić information content (AvgIpc) is 3.45. The van der Waals surface area contributed by atoms with E-state index in [-0.39, 0.29) is 47.8 Å². The Bertz CT molecular complexity index is 988. The van der Waals surface area contributed by atoms with Gasteiger partial charge in [-0.25, -0.2) is 0 Å². The third-order valence-corrected chi connectivity index (χ3v) is 6.52. The van der Waals surface area contributed by atoms with Crippen LogP contribution in [-0.2, 0) is 4.79 Å². The number of carbonyl (C=O) groups is 3. The maximum Gasteiger partial charge on any atom is 0.270 e. The molecule has 1 aliphatic rings. The van der Waals surface area contributed by atoms with E-state index >= 15 is 0 Å². The van der Waals surface area contributed by atoms with Gasteiger partial charge in [-0.1, -0.05) is 25.0 Å². The SMILES string of the molecule is COc1ccc([C@@H](C(=O)NC2CCCC2)N(CCCO)C(=O)c2snc(C(N)=O)c2N)cc1. The molecular weight excluding hydrogens is 446 g/mol. The number of methoxy groups -OCH3 is 1. The fourth-order valence-corrected chi connectivity index (χ4v) is 4.72. The maximum atomic E-state index is 13.6. The number of primary amides is 1. The average molecular weight is 476 g/mol. The molecule has 1 aromatic carbocycles. The van der Waals surface area contributed by atoms with Gasteiger partial charge < -0.3 is 31.5 Å². The number of nitrogen functional groups attached to an aromatic ring is 1. The minimum absolute atomic E-state index is 0.0221. The van der Waals surface area contributed by atoms with Crippen LogP contribution in [0.1, 0.15) is 63.9 Å². The molecule has 3 rings (SSSR count). The number of amides is 3. The van der Waals surface area contributed by atoms with Crippen molar-refractivity contribution in [3.8, 4) is 5.75 Å². The van der Waals surface area contributed by atoms with Crippen molar-refractivity contribution in [3.05, 3.63) is 40.4 Å². The molecule has 1 aliphatic carbocycles. The number of carbonyl (C=O) groups excluding carboxylic acids is 3. The lowest BCUT2D eigenvalue weighted by Gasteiger charge is -2.32. The Balaban J connectivity index is 2.01. The van der Waals surface area contributed by atoms with Gasteiger partial charge in [-0.3, -0.25) is 14.4 Å². The van der Waals surface area contributed by atoms with Crippen molar-refractivity contribution in [2.75, 3.05) is 26.0 Å². The number of nitrogens with zero attached hydrogens (tertiary/aromatic N) is 2. The normalized spacial score (nSPS) is 14.6. The topological polar surface area (TPSA) is 161 Å². The summed E-state index contributed by atoms with van der Waals surface area (Å²) in [5.74, 6) is -1.11. The number of rotatable bonds is 10. The molecule has 11 heteroatoms. The number of aliphatic hydroxyl groups excluding tert-OH is 1. The van der Waals surface area contributed by atoms with Gasteiger partial charge in [0.2, 0.25) is 5.91 Å². The number of aliphatic hydroxyl groups is 1. The molecule has 0 saturated heterocycles. The van der Waals surface area contributed by atoms with Crippen LogP contribution >= 0.6 is 11.5 Å². The fraction of sp³-hybridized carbons (Fsp3) is 0.455. The Hall–Kier alpha value is -3.18. The summed E-state index contributed by atoms with van der Waals surface area (Å²) in [5.41, 5.74) is 11.6. The quantitative estimate of drug-likeness (QED) is 0.404. The Morgan fingerprint density at radius 2 is 1.94 bits per heavy atom. The molecular formula is C22H29N5O5S. The molecule has 10 nitrogen and oxygen atoms in total. The van der Waals surface area contributed by atoms with E-state index in [2.05, 4.69) is 9.69 Å². The van der Waals surface area contributed by atoms with Gasteiger partial charge in [0.15, 0.2) is 5.69 Å². The molecule has 3 amide bonds. The predicted octanol–water partition coefficient (Wildman–Crippen LogP) is 1.46. The van der Waals surface area contributed by atoms with Crippen LogP contribution in [0, 0.1) is 0 Å². The third-order valence-electron chi connectivity index (χ3n) is 5.67. The Labute approximate surface area is 196 Å². The molecule has 33 heavy (non-hydrogen) atoms. The molecule has 0 aliphatic heterocycles. The largest absolute Gasteiger partial charge is 0.497 e. The van der Waals surface area contributed by atoms with E-state index in [1.165, 1.54) is 4.90 Å². The first kappa shape index (κ1) is 24.5. The zero-order valence-electron chi connectivity index (χ0n) is 18.5. The summed E-state index contributed by atoms with van der Waals surface area (Å²) in [6.07, 6.45) is 4.10. The zero-order chi connectivity index (χ0) is 24.0. The molecule has 178 valence electrons. The molecule has 0 radical (unpaired) electrons. The molecule has 1 saturated carbocycles. The standard InChI is InChI=1S/C22H29N5O5S/c1-32-15-9-7-13(8-10-15)18(21(30)25-14-5-2-3-6-14)27(11-4-12-28)22(31)19-16(23)17(20(24)29)26-33-19/h7-10,14,18,28H,2-6,11-12,23H2,1H3,(H2,24,29)(H,25,30)/t18-/m0/s1. The highest BCUT2D eigenvalue weighted by molar-refractivity contribution is 7.09. The summed E-state index contributed by atoms with van der Waals surface area (Å²) in [5, 5.41) is 12.5. The van der Waals surface area contributed by atoms with E-state index < -0.39 is 17.9 Å². The molecule has 1 atom stereocenters. The number of anilines is 1. The molecule has 1 fully saturated rings. The van der Waals surface area contributed by atoms with E-state index in [0.717, 1.165) is 37.2 Å². The zero-order valence-corrected chi connectivity index (χ0v) is 19.3. The Kier molecular flexibility index (Phi) is 8.23. The van der Waals surface area contributed by atoms with Crippen LogP contribution in [0.25, 0.3) is 0 Å². The van der Waals surface area contributed by atoms with Crippen LogP contribution in [-0.4, -0.2) is 58.4 Å². The van der Waals surface area contributed by atoms with Crippen molar-refractivity contribution in [1.29, 1.82) is 0 Å². The lowest BCUT2D eigenvalue weighted by Crippen LogP contribution is -2.46. The highest BCUT2D eigenvalue weighted by Gasteiger charge is 2.35. The summed E-state index contributed by atoms with van der Waals surface area (Å²) in [4.78, 5) is 40.0. The van der Waals surface area contributed by atoms with Crippen LogP contribution in [0.2, 0.25) is 0 Å². The first-order valence-electron chi connectivity index (χ1n) is 10.8. The Morgan fingerprint density at radius 3 is 2.48 bits per heavy atom. The lowest BCUT2D eigenvalue weighted by molar-refractivity contribution is -0.126. The number of aromatic nitrogens is 1. The maximum absolute atomic E-state index is 13.6. The minimum atomic E-state index is -0.978. The number of nitrogens with one attached hydrogen (secondary N) is 1. The van der Waals surface area contributed by atoms with E-state index in [1.54, 1.807) is 31.4 Å². The van der Waals surface area contributed by atoms with Crippen molar-refractivity contribution < 1.29 is 24.2 Å². The van der Waals surface area contributed by atoms with E-state index in [9.17, 15) is 19.5 Å². The number of hydrogen-bond donors (Lipinski definition) is 4. The van der Waals surface area contributed by atoms with Gasteiger partial charge in [0, 0.05) is 19.2 Å². The Morgan fingerprint density at radius 1 is 1.27 bits per heavy atom. The van der Waals surface area contributed by atoms with Gasteiger partial charge in [0.1, 0.15) is 16.7 Å². The van der Waals surface area contributed by atoms with Crippen molar-refractivity contribution >= 4 is 34.9 Å². The highest BCUT2D eigenvalue weighted by Crippen LogP contribution is 2.30. The molecule has 2 aromatic rings. The van der Waals surface area contributed by atoms with Crippen molar-refractivity contribution in [3.63, 3.8) is 0 Å². The predicted molar refractivity (Wildman–Crippen MR) is 124 cm³/mol. The van der Waals surface area contributed by atoms with Crippen molar-refractivity contribution in [2.45, 2.75) is 44.2 Å². The van der Waals surface area contributed by atoms with Crippen molar-refractivity contribution in [1.82, 2.24) is 14.6 Å². The molecule has 0 spiro atoms. The number of benzene rings is 1. The second-order valence-electron chi connectivity index (χ2n) is 7.88. The smallest absolute Gasteiger partial charge is 0.270 e. The first-order chi connectivity index (χ1) is 15.9. The van der Waals surface area contributed by atoms with Crippen molar-refractivity contribution in [2.24, 2.45) is 5.73 Å². The molecule has 6 N–H and O–H groups in total. The van der Waals surface area contributed by atoms with Gasteiger partial charge in [0.25, 0.3) is 11.8 Å². The molecule has 1 heterocycles. The molecule has 0 bridgehead atoms. The second kappa shape index (κ2) is 11.1. The van der Waals surface area contributed by atoms with Gasteiger partial charge in [-0.05, 0) is 48.5 Å². The van der Waals surface area contributed by atoms with Crippen LogP contribution in [0.4, 0.5) is 5.69 Å². The molecule has 1 aromatic heterocycles. The van der Waals surface area contributed by atoms with Gasteiger partial charge in [-0.15, -0.1) is 0 Å². The van der Waals surface area contributed by atoms with Crippen LogP contribution < -0.4 is 21.5 Å². The summed E-state index contributed by atoms with van der Waals surface area (Å²) in [6, 6.07) is 5.94. The summed E-state index contributed by atoms with van der Waals surface area (Å²) < 4.78 is 9.13. The number of hydrogen-bond acceptors (Lipinski definition) is 8. The fourth-order valence-electron chi connectivity index (χ4n) is 3.96. The first-order valence-corrected chi connectivity index (χ1v) is 11.6. The highest BCUT2D eigenvalue weighted by atomic mass is 32.1. The second-order valence-corrected chi connectivity index (χ2v) is 8.65. The van der Waals surface area contributed by atoms with Gasteiger partial charge in [0.05, 0.1) is 12.8 Å². The molecule has 0 unspecified atom stereocenters. The number of ether oxygens (including phenoxy) is 1. The van der Waals surface area contributed by atoms with Crippen LogP contribution in [0.15, 0.2) is 24.3 Å². The monoisotopic (exact) mass is 475 g/mol. The van der Waals surface area contributed by atoms with E-state index in [1.807, 2.05) is 0 Å². The van der Waals surface area contributed by atoms with Crippen LogP contribution in [0.5, 0.6) is 5.75 Å². The number of nitrogens with two attached hydrogens (primary N) is 2. The van der Waals surface area contributed by atoms with E-state index in [0.29, 0.717) is 11.3 Å². The van der Waals surface area contributed by atoms with Gasteiger partial charge >= 0.3 is 0 Å². The van der Waals surface area contributed by atoms with Gasteiger partial charge in [-0.2, -0.15) is 4.37 Å². The minimum Gasteiger partial charge on any atom is -0.497 e. The summed E-state index contributed by atoms with van der Waals surface area (Å²) in [7, 11) is 1.54. The van der Waals surface area contributed by atoms with Crippen LogP contribution in [0.3, 0.4) is 0 Å². The van der Waals surface area contributed by atoms with E-state index in [4.69, 9.17) is 16.2 Å².